The Bertz CT molecular complexity index is 892. The van der Waals surface area contributed by atoms with Gasteiger partial charge in [0.05, 0.1) is 64.6 Å². The standard InChI is InChI=1S/C30H51BrO7/c1-25(2,33)20-11-14-29(7,35-20)23-12-15-28(6,37-23)22-10-9-21-27(5,36-22)16-13-24(34-21)30(8)19(32)17-18(31)26(3,4)38-30/h18-24,32-33H,9-17H2,1-8H3/t18-,19+,20?,21?,22?,23?,24?,27+,28?,29?,30+/m1/s1. The van der Waals surface area contributed by atoms with Crippen LogP contribution in [-0.4, -0.2) is 85.3 Å². The van der Waals surface area contributed by atoms with Crippen LogP contribution >= 0.6 is 15.9 Å². The molecule has 2 N–H and O–H groups in total. The highest BCUT2D eigenvalue weighted by Gasteiger charge is 2.60. The van der Waals surface area contributed by atoms with E-state index in [4.69, 9.17) is 23.7 Å². The van der Waals surface area contributed by atoms with Gasteiger partial charge in [0, 0.05) is 4.83 Å². The number of ether oxygens (including phenoxy) is 5. The SMILES string of the molecule is CC(C)(O)C1CCC(C)(C2CCC(C)(C3CCC4OC([C@@]5(C)OC(C)(C)[C@H](Br)C[C@@H]5O)CC[C@]4(C)O3)O2)O1. The van der Waals surface area contributed by atoms with Gasteiger partial charge in [0.2, 0.25) is 0 Å². The molecule has 0 radical (unpaired) electrons. The summed E-state index contributed by atoms with van der Waals surface area (Å²) < 4.78 is 33.4. The van der Waals surface area contributed by atoms with Gasteiger partial charge in [0.25, 0.3) is 0 Å². The predicted molar refractivity (Wildman–Crippen MR) is 149 cm³/mol. The van der Waals surface area contributed by atoms with Crippen LogP contribution in [0.25, 0.3) is 0 Å². The summed E-state index contributed by atoms with van der Waals surface area (Å²) in [6.07, 6.45) is 6.64. The molecule has 5 saturated heterocycles. The zero-order chi connectivity index (χ0) is 27.9. The third-order valence-corrected chi connectivity index (χ3v) is 12.2. The van der Waals surface area contributed by atoms with Crippen LogP contribution in [0.4, 0.5) is 0 Å². The predicted octanol–water partition coefficient (Wildman–Crippen LogP) is 5.20. The van der Waals surface area contributed by atoms with Crippen molar-refractivity contribution >= 4 is 15.9 Å². The van der Waals surface area contributed by atoms with Crippen LogP contribution in [0.15, 0.2) is 0 Å². The van der Waals surface area contributed by atoms with Crippen molar-refractivity contribution in [3.05, 3.63) is 0 Å². The van der Waals surface area contributed by atoms with Crippen molar-refractivity contribution in [2.24, 2.45) is 0 Å². The molecule has 11 atom stereocenters. The first-order valence-electron chi connectivity index (χ1n) is 14.8. The van der Waals surface area contributed by atoms with Crippen LogP contribution in [0.3, 0.4) is 0 Å². The summed E-state index contributed by atoms with van der Waals surface area (Å²) in [6.45, 7) is 16.4. The zero-order valence-electron chi connectivity index (χ0n) is 24.7. The fourth-order valence-corrected chi connectivity index (χ4v) is 8.30. The van der Waals surface area contributed by atoms with E-state index in [0.717, 1.165) is 51.4 Å². The maximum absolute atomic E-state index is 11.1. The van der Waals surface area contributed by atoms with Gasteiger partial charge in [-0.3, -0.25) is 0 Å². The van der Waals surface area contributed by atoms with Gasteiger partial charge in [-0.2, -0.15) is 0 Å². The van der Waals surface area contributed by atoms with Crippen LogP contribution in [0, 0.1) is 0 Å². The van der Waals surface area contributed by atoms with E-state index in [0.29, 0.717) is 6.42 Å². The van der Waals surface area contributed by atoms with E-state index in [9.17, 15) is 10.2 Å². The lowest BCUT2D eigenvalue weighted by molar-refractivity contribution is -0.318. The summed E-state index contributed by atoms with van der Waals surface area (Å²) in [7, 11) is 0. The maximum Gasteiger partial charge on any atom is 0.118 e. The van der Waals surface area contributed by atoms with Crippen molar-refractivity contribution < 1.29 is 33.9 Å². The van der Waals surface area contributed by atoms with Gasteiger partial charge in [0.1, 0.15) is 5.60 Å². The molecule has 0 aromatic heterocycles. The number of aliphatic hydroxyl groups excluding tert-OH is 1. The minimum Gasteiger partial charge on any atom is -0.390 e. The van der Waals surface area contributed by atoms with Gasteiger partial charge in [-0.05, 0) is 113 Å². The molecule has 5 rings (SSSR count). The second kappa shape index (κ2) is 9.62. The van der Waals surface area contributed by atoms with Crippen molar-refractivity contribution in [2.45, 2.75) is 188 Å². The highest BCUT2D eigenvalue weighted by molar-refractivity contribution is 9.09. The molecule has 0 aromatic carbocycles. The Morgan fingerprint density at radius 3 is 1.82 bits per heavy atom. The maximum atomic E-state index is 11.1. The smallest absolute Gasteiger partial charge is 0.118 e. The Morgan fingerprint density at radius 1 is 0.711 bits per heavy atom. The van der Waals surface area contributed by atoms with E-state index in [-0.39, 0.29) is 52.2 Å². The Kier molecular flexibility index (Phi) is 7.51. The largest absolute Gasteiger partial charge is 0.390 e. The molecule has 5 fully saturated rings. The van der Waals surface area contributed by atoms with Gasteiger partial charge in [-0.1, -0.05) is 15.9 Å². The first-order valence-corrected chi connectivity index (χ1v) is 15.8. The topological polar surface area (TPSA) is 86.6 Å². The monoisotopic (exact) mass is 602 g/mol. The average molecular weight is 604 g/mol. The number of alkyl halides is 1. The van der Waals surface area contributed by atoms with E-state index in [1.165, 1.54) is 0 Å². The third-order valence-electron chi connectivity index (χ3n) is 10.8. The van der Waals surface area contributed by atoms with Crippen molar-refractivity contribution in [2.75, 3.05) is 0 Å². The molecule has 8 heteroatoms. The Hall–Kier alpha value is 0.200. The molecule has 0 aromatic rings. The quantitative estimate of drug-likeness (QED) is 0.428. The van der Waals surface area contributed by atoms with E-state index in [1.807, 2.05) is 20.8 Å². The first kappa shape index (κ1) is 29.7. The van der Waals surface area contributed by atoms with Gasteiger partial charge < -0.3 is 33.9 Å². The number of halogens is 1. The Balaban J connectivity index is 1.23. The lowest BCUT2D eigenvalue weighted by Gasteiger charge is -2.57. The fraction of sp³-hybridized carbons (Fsp3) is 1.00. The summed E-state index contributed by atoms with van der Waals surface area (Å²) in [5.41, 5.74) is -3.15. The molecule has 0 bridgehead atoms. The van der Waals surface area contributed by atoms with Crippen molar-refractivity contribution in [3.63, 3.8) is 0 Å². The molecule has 0 amide bonds. The molecule has 220 valence electrons. The first-order chi connectivity index (χ1) is 17.4. The van der Waals surface area contributed by atoms with E-state index < -0.39 is 22.9 Å². The number of rotatable bonds is 4. The average Bonchev–Trinajstić information content (AvgIpc) is 3.42. The molecule has 0 aliphatic carbocycles. The molecule has 5 heterocycles. The molecule has 5 aliphatic heterocycles. The van der Waals surface area contributed by atoms with Crippen molar-refractivity contribution in [1.82, 2.24) is 0 Å². The second-order valence-corrected chi connectivity index (χ2v) is 15.9. The molecular formula is C30H51BrO7. The summed E-state index contributed by atoms with van der Waals surface area (Å²) in [6, 6.07) is 0. The van der Waals surface area contributed by atoms with Crippen LogP contribution < -0.4 is 0 Å². The third kappa shape index (κ3) is 5.05. The normalized spacial score (nSPS) is 53.6. The molecule has 7 nitrogen and oxygen atoms in total. The summed E-state index contributed by atoms with van der Waals surface area (Å²) in [4.78, 5) is 0.0968. The molecule has 5 aliphatic rings. The van der Waals surface area contributed by atoms with Crippen molar-refractivity contribution in [3.8, 4) is 0 Å². The van der Waals surface area contributed by atoms with Crippen LogP contribution in [-0.2, 0) is 23.7 Å². The van der Waals surface area contributed by atoms with E-state index >= 15 is 0 Å². The fourth-order valence-electron chi connectivity index (χ4n) is 7.85. The summed E-state index contributed by atoms with van der Waals surface area (Å²) >= 11 is 3.70. The highest BCUT2D eigenvalue weighted by atomic mass is 79.9. The molecular weight excluding hydrogens is 552 g/mol. The van der Waals surface area contributed by atoms with Gasteiger partial charge in [-0.25, -0.2) is 0 Å². The Labute approximate surface area is 237 Å². The summed E-state index contributed by atoms with van der Waals surface area (Å²) in [5.74, 6) is 0. The molecule has 0 spiro atoms. The van der Waals surface area contributed by atoms with Gasteiger partial charge in [0.15, 0.2) is 0 Å². The number of hydrogen-bond acceptors (Lipinski definition) is 7. The lowest BCUT2D eigenvalue weighted by Crippen LogP contribution is -2.67. The number of hydrogen-bond donors (Lipinski definition) is 2. The summed E-state index contributed by atoms with van der Waals surface area (Å²) in [5, 5.41) is 21.5. The Morgan fingerprint density at radius 2 is 1.21 bits per heavy atom. The highest BCUT2D eigenvalue weighted by Crippen LogP contribution is 2.52. The molecule has 0 saturated carbocycles. The van der Waals surface area contributed by atoms with Crippen LogP contribution in [0.5, 0.6) is 0 Å². The number of fused-ring (bicyclic) bond motifs is 1. The van der Waals surface area contributed by atoms with Crippen LogP contribution in [0.1, 0.15) is 113 Å². The minimum atomic E-state index is -0.851. The van der Waals surface area contributed by atoms with Gasteiger partial charge >= 0.3 is 0 Å². The van der Waals surface area contributed by atoms with Crippen LogP contribution in [0.2, 0.25) is 0 Å². The zero-order valence-corrected chi connectivity index (χ0v) is 26.3. The lowest BCUT2D eigenvalue weighted by atomic mass is 9.74. The van der Waals surface area contributed by atoms with E-state index in [1.54, 1.807) is 0 Å². The molecule has 38 heavy (non-hydrogen) atoms. The number of aliphatic hydroxyl groups is 2. The van der Waals surface area contributed by atoms with Gasteiger partial charge in [-0.15, -0.1) is 0 Å². The van der Waals surface area contributed by atoms with Crippen molar-refractivity contribution in [1.29, 1.82) is 0 Å². The molecule has 7 unspecified atom stereocenters. The van der Waals surface area contributed by atoms with E-state index in [2.05, 4.69) is 50.5 Å². The minimum absolute atomic E-state index is 0.00698. The second-order valence-electron chi connectivity index (χ2n) is 14.8.